The summed E-state index contributed by atoms with van der Waals surface area (Å²) in [5.41, 5.74) is 3.49. The average Bonchev–Trinajstić information content (AvgIpc) is 2.87. The first-order valence-electron chi connectivity index (χ1n) is 8.50. The number of phenolic OH excluding ortho intramolecular Hbond substituents is 1. The minimum atomic E-state index is -0.959. The van der Waals surface area contributed by atoms with Crippen LogP contribution < -0.4 is 0 Å². The van der Waals surface area contributed by atoms with Crippen LogP contribution in [0.2, 0.25) is 0 Å². The van der Waals surface area contributed by atoms with Gasteiger partial charge < -0.3 is 14.8 Å². The summed E-state index contributed by atoms with van der Waals surface area (Å²) < 4.78 is 15.5. The highest BCUT2D eigenvalue weighted by Gasteiger charge is 2.17. The van der Waals surface area contributed by atoms with Crippen molar-refractivity contribution in [1.29, 1.82) is 0 Å². The molecule has 6 heteroatoms. The van der Waals surface area contributed by atoms with E-state index in [0.29, 0.717) is 28.5 Å². The molecule has 2 N–H and O–H groups in total. The van der Waals surface area contributed by atoms with Gasteiger partial charge in [-0.1, -0.05) is 18.2 Å². The normalized spacial score (nSPS) is 11.3. The summed E-state index contributed by atoms with van der Waals surface area (Å²) in [5.74, 6) is -1.23. The van der Waals surface area contributed by atoms with Crippen LogP contribution in [0.4, 0.5) is 4.39 Å². The number of carboxylic acids is 1. The number of hydrogen-bond donors (Lipinski definition) is 2. The molecule has 0 aliphatic carbocycles. The largest absolute Gasteiger partial charge is 0.506 e. The molecule has 0 atom stereocenters. The number of aromatic hydroxyl groups is 1. The molecule has 0 radical (unpaired) electrons. The third-order valence-electron chi connectivity index (χ3n) is 4.82. The van der Waals surface area contributed by atoms with E-state index >= 15 is 0 Å². The molecule has 0 amide bonds. The highest BCUT2D eigenvalue weighted by molar-refractivity contribution is 5.88. The van der Waals surface area contributed by atoms with E-state index in [1.54, 1.807) is 22.8 Å². The van der Waals surface area contributed by atoms with Crippen LogP contribution in [-0.2, 0) is 17.8 Å². The van der Waals surface area contributed by atoms with Crippen LogP contribution in [0.15, 0.2) is 48.5 Å². The predicted octanol–water partition coefficient (Wildman–Crippen LogP) is 4.02. The maximum absolute atomic E-state index is 13.8. The highest BCUT2D eigenvalue weighted by Crippen LogP contribution is 2.30. The smallest absolute Gasteiger partial charge is 0.323 e. The van der Waals surface area contributed by atoms with Crippen molar-refractivity contribution >= 4 is 27.8 Å². The summed E-state index contributed by atoms with van der Waals surface area (Å²) >= 11 is 0. The molecule has 0 saturated heterocycles. The Kier molecular flexibility index (Phi) is 4.03. The first-order chi connectivity index (χ1) is 12.9. The predicted molar refractivity (Wildman–Crippen MR) is 100 cm³/mol. The second kappa shape index (κ2) is 6.39. The number of nitrogens with zero attached hydrogens (tertiary/aromatic N) is 2. The van der Waals surface area contributed by atoms with Crippen molar-refractivity contribution in [2.45, 2.75) is 19.9 Å². The molecule has 2 heterocycles. The van der Waals surface area contributed by atoms with Gasteiger partial charge in [0.1, 0.15) is 23.6 Å². The standard InChI is InChI=1S/C21H17FN2O3/c1-12-16(10-15-7-5-13-3-2-4-19(25)21(13)23-15)17-9-14(22)6-8-18(17)24(12)11-20(26)27/h2-9,25H,10-11H2,1H3,(H,26,27). The van der Waals surface area contributed by atoms with Gasteiger partial charge in [-0.05, 0) is 42.8 Å². The molecule has 2 aromatic heterocycles. The maximum atomic E-state index is 13.8. The van der Waals surface area contributed by atoms with E-state index in [1.807, 2.05) is 25.1 Å². The Labute approximate surface area is 154 Å². The van der Waals surface area contributed by atoms with Crippen molar-refractivity contribution in [3.8, 4) is 5.75 Å². The summed E-state index contributed by atoms with van der Waals surface area (Å²) in [6.07, 6.45) is 0.405. The Balaban J connectivity index is 1.86. The fourth-order valence-corrected chi connectivity index (χ4v) is 3.54. The summed E-state index contributed by atoms with van der Waals surface area (Å²) in [5, 5.41) is 20.8. The van der Waals surface area contributed by atoms with Gasteiger partial charge in [-0.25, -0.2) is 9.37 Å². The number of aromatic nitrogens is 2. The number of carbonyl (C=O) groups is 1. The molecule has 4 rings (SSSR count). The van der Waals surface area contributed by atoms with Crippen molar-refractivity contribution in [1.82, 2.24) is 9.55 Å². The lowest BCUT2D eigenvalue weighted by molar-refractivity contribution is -0.137. The van der Waals surface area contributed by atoms with Gasteiger partial charge in [-0.15, -0.1) is 0 Å². The first-order valence-corrected chi connectivity index (χ1v) is 8.50. The van der Waals surface area contributed by atoms with E-state index in [2.05, 4.69) is 4.98 Å². The fourth-order valence-electron chi connectivity index (χ4n) is 3.54. The number of halogens is 1. The van der Waals surface area contributed by atoms with Gasteiger partial charge in [0.05, 0.1) is 0 Å². The van der Waals surface area contributed by atoms with Crippen molar-refractivity contribution in [3.63, 3.8) is 0 Å². The molecule has 0 aliphatic heterocycles. The van der Waals surface area contributed by atoms with Gasteiger partial charge in [0.2, 0.25) is 0 Å². The molecule has 0 bridgehead atoms. The summed E-state index contributed by atoms with van der Waals surface area (Å²) in [7, 11) is 0. The van der Waals surface area contributed by atoms with Crippen LogP contribution in [0.25, 0.3) is 21.8 Å². The first kappa shape index (κ1) is 17.0. The number of benzene rings is 2. The van der Waals surface area contributed by atoms with Crippen molar-refractivity contribution < 1.29 is 19.4 Å². The monoisotopic (exact) mass is 364 g/mol. The maximum Gasteiger partial charge on any atom is 0.323 e. The number of rotatable bonds is 4. The number of pyridine rings is 1. The van der Waals surface area contributed by atoms with Crippen LogP contribution in [0.1, 0.15) is 17.0 Å². The molecule has 0 spiro atoms. The molecule has 5 nitrogen and oxygen atoms in total. The van der Waals surface area contributed by atoms with Gasteiger partial charge in [0.15, 0.2) is 0 Å². The van der Waals surface area contributed by atoms with E-state index in [1.165, 1.54) is 12.1 Å². The van der Waals surface area contributed by atoms with Gasteiger partial charge in [-0.2, -0.15) is 0 Å². The third kappa shape index (κ3) is 2.99. The lowest BCUT2D eigenvalue weighted by atomic mass is 10.0. The molecule has 0 fully saturated rings. The number of para-hydroxylation sites is 1. The SMILES string of the molecule is Cc1c(Cc2ccc3cccc(O)c3n2)c2cc(F)ccc2n1CC(=O)O. The van der Waals surface area contributed by atoms with Crippen molar-refractivity contribution in [3.05, 3.63) is 71.3 Å². The van der Waals surface area contributed by atoms with Crippen molar-refractivity contribution in [2.75, 3.05) is 0 Å². The van der Waals surface area contributed by atoms with Gasteiger partial charge >= 0.3 is 5.97 Å². The number of fused-ring (bicyclic) bond motifs is 2. The van der Waals surface area contributed by atoms with Crippen LogP contribution in [-0.4, -0.2) is 25.7 Å². The van der Waals surface area contributed by atoms with E-state index in [-0.39, 0.29) is 18.1 Å². The topological polar surface area (TPSA) is 75.4 Å². The molecule has 0 saturated carbocycles. The van der Waals surface area contributed by atoms with E-state index < -0.39 is 5.97 Å². The zero-order valence-electron chi connectivity index (χ0n) is 14.6. The number of hydrogen-bond acceptors (Lipinski definition) is 3. The molecule has 4 aromatic rings. The highest BCUT2D eigenvalue weighted by atomic mass is 19.1. The Morgan fingerprint density at radius 2 is 2.00 bits per heavy atom. The van der Waals surface area contributed by atoms with E-state index in [4.69, 9.17) is 0 Å². The number of carboxylic acid groups (broad SMARTS) is 1. The lowest BCUT2D eigenvalue weighted by Crippen LogP contribution is -2.10. The third-order valence-corrected chi connectivity index (χ3v) is 4.82. The van der Waals surface area contributed by atoms with E-state index in [0.717, 1.165) is 16.6 Å². The minimum absolute atomic E-state index is 0.102. The molecule has 27 heavy (non-hydrogen) atoms. The van der Waals surface area contributed by atoms with Crippen molar-refractivity contribution in [2.24, 2.45) is 0 Å². The van der Waals surface area contributed by atoms with Gasteiger partial charge in [0.25, 0.3) is 0 Å². The van der Waals surface area contributed by atoms with Crippen LogP contribution in [0.3, 0.4) is 0 Å². The molecule has 2 aromatic carbocycles. The quantitative estimate of drug-likeness (QED) is 0.574. The Morgan fingerprint density at radius 1 is 1.19 bits per heavy atom. The van der Waals surface area contributed by atoms with Gasteiger partial charge in [0, 0.05) is 34.1 Å². The summed E-state index contributed by atoms with van der Waals surface area (Å²) in [4.78, 5) is 15.8. The molecule has 136 valence electrons. The van der Waals surface area contributed by atoms with Crippen LogP contribution >= 0.6 is 0 Å². The Morgan fingerprint density at radius 3 is 2.78 bits per heavy atom. The second-order valence-corrected chi connectivity index (χ2v) is 6.53. The molecule has 0 unspecified atom stereocenters. The Bertz CT molecular complexity index is 1200. The molecular formula is C21H17FN2O3. The second-order valence-electron chi connectivity index (χ2n) is 6.53. The minimum Gasteiger partial charge on any atom is -0.506 e. The Hall–Kier alpha value is -3.41. The number of phenols is 1. The molecule has 0 aliphatic rings. The average molecular weight is 364 g/mol. The van der Waals surface area contributed by atoms with E-state index in [9.17, 15) is 19.4 Å². The summed E-state index contributed by atoms with van der Waals surface area (Å²) in [6, 6.07) is 13.3. The zero-order chi connectivity index (χ0) is 19.1. The fraction of sp³-hybridized carbons (Fsp3) is 0.143. The molecular weight excluding hydrogens is 347 g/mol. The van der Waals surface area contributed by atoms with Crippen LogP contribution in [0.5, 0.6) is 5.75 Å². The van der Waals surface area contributed by atoms with Crippen LogP contribution in [0, 0.1) is 12.7 Å². The lowest BCUT2D eigenvalue weighted by Gasteiger charge is -2.07. The number of aliphatic carboxylic acids is 1. The zero-order valence-corrected chi connectivity index (χ0v) is 14.6. The summed E-state index contributed by atoms with van der Waals surface area (Å²) in [6.45, 7) is 1.63. The van der Waals surface area contributed by atoms with Gasteiger partial charge in [-0.3, -0.25) is 4.79 Å².